The van der Waals surface area contributed by atoms with Crippen molar-refractivity contribution in [3.63, 3.8) is 0 Å². The zero-order chi connectivity index (χ0) is 27.7. The van der Waals surface area contributed by atoms with Crippen molar-refractivity contribution in [3.05, 3.63) is 108 Å². The number of aryl methyl sites for hydroxylation is 1. The summed E-state index contributed by atoms with van der Waals surface area (Å²) in [5, 5.41) is 6.42. The average molecular weight is 522 g/mol. The monoisotopic (exact) mass is 521 g/mol. The van der Waals surface area contributed by atoms with Crippen LogP contribution in [0.2, 0.25) is 0 Å². The molecule has 5 rings (SSSR count). The molecule has 7 heteroatoms. The van der Waals surface area contributed by atoms with Gasteiger partial charge in [0.25, 0.3) is 11.8 Å². The first-order valence-corrected chi connectivity index (χ1v) is 12.6. The fourth-order valence-corrected chi connectivity index (χ4v) is 4.83. The molecule has 2 N–H and O–H groups in total. The van der Waals surface area contributed by atoms with E-state index >= 15 is 0 Å². The quantitative estimate of drug-likeness (QED) is 0.202. The molecule has 4 aromatic rings. The molecule has 0 bridgehead atoms. The molecule has 0 saturated heterocycles. The van der Waals surface area contributed by atoms with E-state index in [1.54, 1.807) is 43.5 Å². The van der Waals surface area contributed by atoms with Gasteiger partial charge in [0.2, 0.25) is 0 Å². The van der Waals surface area contributed by atoms with Crippen molar-refractivity contribution in [2.24, 2.45) is 4.99 Å². The first-order valence-electron chi connectivity index (χ1n) is 12.6. The van der Waals surface area contributed by atoms with Gasteiger partial charge in [0, 0.05) is 23.6 Å². The summed E-state index contributed by atoms with van der Waals surface area (Å²) < 4.78 is 19.6. The maximum atomic E-state index is 13.5. The number of nitrogens with one attached hydrogen (secondary N) is 2. The summed E-state index contributed by atoms with van der Waals surface area (Å²) in [7, 11) is 1.55. The Bertz CT molecular complexity index is 1660. The highest BCUT2D eigenvalue weighted by Crippen LogP contribution is 2.43. The molecule has 1 saturated carbocycles. The standard InChI is InChI=1S/C32H28FN3O3/c1-5-6-27(34-3)32(15-16-32)36-30(37)22-8-7-19(2)24(18-22)21-11-14-26-25(17-21)28(31(38)35-4)29(39-26)20-9-12-23(33)13-10-20/h5-14,17-18H,1,3,15-16H2,2,4H3,(H,35,38)(H,36,37). The number of fused-ring (bicyclic) bond motifs is 1. The van der Waals surface area contributed by atoms with Crippen LogP contribution in [0.3, 0.4) is 0 Å². The molecule has 1 aliphatic carbocycles. The molecule has 1 heterocycles. The van der Waals surface area contributed by atoms with E-state index in [2.05, 4.69) is 28.9 Å². The van der Waals surface area contributed by atoms with E-state index in [-0.39, 0.29) is 17.6 Å². The Hall–Kier alpha value is -4.78. The van der Waals surface area contributed by atoms with Crippen LogP contribution in [0.4, 0.5) is 4.39 Å². The van der Waals surface area contributed by atoms with E-state index in [1.807, 2.05) is 31.2 Å². The third kappa shape index (κ3) is 4.79. The van der Waals surface area contributed by atoms with Crippen LogP contribution in [0, 0.1) is 12.7 Å². The highest BCUT2D eigenvalue weighted by atomic mass is 19.1. The predicted molar refractivity (Wildman–Crippen MR) is 152 cm³/mol. The minimum absolute atomic E-state index is 0.207. The van der Waals surface area contributed by atoms with Crippen LogP contribution in [-0.2, 0) is 0 Å². The molecule has 0 atom stereocenters. The highest BCUT2D eigenvalue weighted by Gasteiger charge is 2.47. The Morgan fingerprint density at radius 2 is 1.74 bits per heavy atom. The average Bonchev–Trinajstić information content (AvgIpc) is 3.62. The second-order valence-corrected chi connectivity index (χ2v) is 9.61. The molecule has 0 aliphatic heterocycles. The van der Waals surface area contributed by atoms with Crippen molar-refractivity contribution in [1.82, 2.24) is 10.6 Å². The molecule has 0 spiro atoms. The molecular formula is C32H28FN3O3. The maximum absolute atomic E-state index is 13.5. The molecule has 6 nitrogen and oxygen atoms in total. The Balaban J connectivity index is 1.55. The largest absolute Gasteiger partial charge is 0.455 e. The molecule has 3 aromatic carbocycles. The number of hydrogen-bond donors (Lipinski definition) is 2. The summed E-state index contributed by atoms with van der Waals surface area (Å²) in [5.41, 5.74) is 4.81. The summed E-state index contributed by atoms with van der Waals surface area (Å²) in [5.74, 6) is -0.537. The lowest BCUT2D eigenvalue weighted by atomic mass is 9.95. The second kappa shape index (κ2) is 10.2. The van der Waals surface area contributed by atoms with Gasteiger partial charge in [0.15, 0.2) is 0 Å². The van der Waals surface area contributed by atoms with E-state index in [1.165, 1.54) is 12.1 Å². The topological polar surface area (TPSA) is 83.7 Å². The molecule has 39 heavy (non-hydrogen) atoms. The van der Waals surface area contributed by atoms with Crippen LogP contribution < -0.4 is 10.6 Å². The second-order valence-electron chi connectivity index (χ2n) is 9.61. The third-order valence-electron chi connectivity index (χ3n) is 7.10. The summed E-state index contributed by atoms with van der Waals surface area (Å²) >= 11 is 0. The Labute approximate surface area is 225 Å². The third-order valence-corrected chi connectivity index (χ3v) is 7.10. The molecule has 1 aromatic heterocycles. The SMILES string of the molecule is C=CC=C(N=C)C1(NC(=O)c2ccc(C)c(-c3ccc4oc(-c5ccc(F)cc5)c(C(=O)NC)c4c3)c2)CC1. The molecule has 0 unspecified atom stereocenters. The number of nitrogens with zero attached hydrogens (tertiary/aromatic N) is 1. The molecule has 0 radical (unpaired) electrons. The molecule has 196 valence electrons. The van der Waals surface area contributed by atoms with E-state index < -0.39 is 5.54 Å². The summed E-state index contributed by atoms with van der Waals surface area (Å²) in [6, 6.07) is 16.9. The van der Waals surface area contributed by atoms with E-state index in [9.17, 15) is 14.0 Å². The van der Waals surface area contributed by atoms with Gasteiger partial charge in [-0.05, 0) is 97.8 Å². The molecule has 2 amide bonds. The zero-order valence-electron chi connectivity index (χ0n) is 21.8. The predicted octanol–water partition coefficient (Wildman–Crippen LogP) is 6.61. The van der Waals surface area contributed by atoms with Gasteiger partial charge in [-0.25, -0.2) is 4.39 Å². The number of allylic oxidation sites excluding steroid dienone is 2. The lowest BCUT2D eigenvalue weighted by Crippen LogP contribution is -2.38. The van der Waals surface area contributed by atoms with Crippen LogP contribution in [0.15, 0.2) is 94.5 Å². The maximum Gasteiger partial charge on any atom is 0.255 e. The van der Waals surface area contributed by atoms with Crippen molar-refractivity contribution in [2.45, 2.75) is 25.3 Å². The summed E-state index contributed by atoms with van der Waals surface area (Å²) in [6.07, 6.45) is 4.98. The Morgan fingerprint density at radius 3 is 2.38 bits per heavy atom. The number of rotatable bonds is 8. The minimum Gasteiger partial charge on any atom is -0.455 e. The Morgan fingerprint density at radius 1 is 1.03 bits per heavy atom. The fourth-order valence-electron chi connectivity index (χ4n) is 4.83. The smallest absolute Gasteiger partial charge is 0.255 e. The van der Waals surface area contributed by atoms with E-state index in [4.69, 9.17) is 4.42 Å². The number of furan rings is 1. The zero-order valence-corrected chi connectivity index (χ0v) is 21.8. The summed E-state index contributed by atoms with van der Waals surface area (Å²) in [4.78, 5) is 30.3. The molecular weight excluding hydrogens is 493 g/mol. The van der Waals surface area contributed by atoms with Gasteiger partial charge < -0.3 is 15.1 Å². The number of amides is 2. The van der Waals surface area contributed by atoms with Crippen molar-refractivity contribution in [1.29, 1.82) is 0 Å². The van der Waals surface area contributed by atoms with Crippen LogP contribution in [0.5, 0.6) is 0 Å². The normalized spacial score (nSPS) is 14.1. The number of carbonyl (C=O) groups excluding carboxylic acids is 2. The van der Waals surface area contributed by atoms with Crippen molar-refractivity contribution in [3.8, 4) is 22.5 Å². The van der Waals surface area contributed by atoms with Gasteiger partial charge in [-0.1, -0.05) is 24.8 Å². The molecule has 1 aliphatic rings. The number of halogens is 1. The first kappa shape index (κ1) is 25.9. The highest BCUT2D eigenvalue weighted by molar-refractivity contribution is 6.12. The van der Waals surface area contributed by atoms with E-state index in [0.717, 1.165) is 29.5 Å². The van der Waals surface area contributed by atoms with Gasteiger partial charge in [-0.15, -0.1) is 0 Å². The van der Waals surface area contributed by atoms with Crippen LogP contribution in [-0.4, -0.2) is 31.1 Å². The van der Waals surface area contributed by atoms with Gasteiger partial charge in [-0.3, -0.25) is 14.6 Å². The lowest BCUT2D eigenvalue weighted by Gasteiger charge is -2.18. The first-order chi connectivity index (χ1) is 18.8. The van der Waals surface area contributed by atoms with Gasteiger partial charge in [-0.2, -0.15) is 0 Å². The van der Waals surface area contributed by atoms with Gasteiger partial charge in [0.05, 0.1) is 16.8 Å². The molecule has 1 fully saturated rings. The van der Waals surface area contributed by atoms with Gasteiger partial charge >= 0.3 is 0 Å². The fraction of sp³-hybridized carbons (Fsp3) is 0.156. The van der Waals surface area contributed by atoms with Crippen LogP contribution in [0.1, 0.15) is 39.1 Å². The van der Waals surface area contributed by atoms with Crippen molar-refractivity contribution < 1.29 is 18.4 Å². The van der Waals surface area contributed by atoms with Crippen LogP contribution >= 0.6 is 0 Å². The lowest BCUT2D eigenvalue weighted by molar-refractivity contribution is 0.0935. The number of carbonyl (C=O) groups is 2. The van der Waals surface area contributed by atoms with Crippen molar-refractivity contribution in [2.75, 3.05) is 7.05 Å². The van der Waals surface area contributed by atoms with Crippen molar-refractivity contribution >= 4 is 29.5 Å². The number of benzene rings is 3. The van der Waals surface area contributed by atoms with Crippen LogP contribution in [0.25, 0.3) is 33.4 Å². The number of hydrogen-bond acceptors (Lipinski definition) is 4. The van der Waals surface area contributed by atoms with E-state index in [0.29, 0.717) is 39.1 Å². The van der Waals surface area contributed by atoms with Gasteiger partial charge in [0.1, 0.15) is 17.2 Å². The minimum atomic E-state index is -0.521. The number of aliphatic imine (C=N–C) groups is 1. The summed E-state index contributed by atoms with van der Waals surface area (Å²) in [6.45, 7) is 9.33. The Kier molecular flexibility index (Phi) is 6.74.